The molecule has 0 spiro atoms. The third-order valence-electron chi connectivity index (χ3n) is 6.78. The van der Waals surface area contributed by atoms with Crippen LogP contribution in [0.5, 0.6) is 0 Å². The highest BCUT2D eigenvalue weighted by Gasteiger charge is 2.27. The molecule has 1 fully saturated rings. The number of hydrogen-bond donors (Lipinski definition) is 4. The Balaban J connectivity index is 1.71. The normalized spacial score (nSPS) is 16.7. The number of nitrogens with one attached hydrogen (secondary N) is 2. The van der Waals surface area contributed by atoms with Crippen LogP contribution in [-0.4, -0.2) is 10.8 Å². The minimum atomic E-state index is -0.288. The van der Waals surface area contributed by atoms with Gasteiger partial charge in [-0.1, -0.05) is 45.0 Å². The van der Waals surface area contributed by atoms with Crippen molar-refractivity contribution in [1.82, 2.24) is 10.5 Å². The summed E-state index contributed by atoms with van der Waals surface area (Å²) < 4.78 is 0. The second-order valence-corrected chi connectivity index (χ2v) is 10.8. The van der Waals surface area contributed by atoms with Crippen LogP contribution in [-0.2, 0) is 6.42 Å². The van der Waals surface area contributed by atoms with Gasteiger partial charge in [-0.3, -0.25) is 4.79 Å². The highest BCUT2D eigenvalue weighted by molar-refractivity contribution is 7.15. The van der Waals surface area contributed by atoms with Crippen LogP contribution in [0.1, 0.15) is 68.4 Å². The Hall–Kier alpha value is -2.90. The summed E-state index contributed by atoms with van der Waals surface area (Å²) in [5.41, 5.74) is 12.6. The van der Waals surface area contributed by atoms with Gasteiger partial charge in [-0.25, -0.2) is 11.4 Å². The van der Waals surface area contributed by atoms with Crippen LogP contribution in [0.25, 0.3) is 21.7 Å². The summed E-state index contributed by atoms with van der Waals surface area (Å²) in [6, 6.07) is 14.7. The van der Waals surface area contributed by atoms with E-state index in [1.165, 1.54) is 36.1 Å². The molecule has 1 saturated carbocycles. The predicted molar refractivity (Wildman–Crippen MR) is 138 cm³/mol. The first kappa shape index (κ1) is 23.3. The van der Waals surface area contributed by atoms with Crippen LogP contribution in [0, 0.1) is 5.41 Å². The van der Waals surface area contributed by atoms with Crippen LogP contribution >= 0.6 is 11.3 Å². The van der Waals surface area contributed by atoms with E-state index in [4.69, 9.17) is 11.6 Å². The molecule has 0 aliphatic heterocycles. The number of hydrazine groups is 1. The fourth-order valence-electron chi connectivity index (χ4n) is 4.67. The summed E-state index contributed by atoms with van der Waals surface area (Å²) in [5, 5.41) is 3.85. The zero-order valence-corrected chi connectivity index (χ0v) is 20.4. The number of aromatic amines is 1. The van der Waals surface area contributed by atoms with E-state index in [9.17, 15) is 4.79 Å². The maximum absolute atomic E-state index is 13.1. The number of hydrazone groups is 1. The van der Waals surface area contributed by atoms with E-state index in [2.05, 4.69) is 66.7 Å². The number of benzene rings is 1. The molecule has 1 aliphatic carbocycles. The molecule has 0 atom stereocenters. The molecule has 174 valence electrons. The van der Waals surface area contributed by atoms with Crippen molar-refractivity contribution >= 4 is 17.2 Å². The SMILES string of the molecule is CCc1ccc(-c2cc(-c3ccc(C4CCC(C)(C)CC4)cc3)[nH]c(=O)c2/C(N)=N/NN)s1. The topological polar surface area (TPSA) is 109 Å². The Labute approximate surface area is 199 Å². The molecule has 33 heavy (non-hydrogen) atoms. The van der Waals surface area contributed by atoms with Crippen molar-refractivity contribution in [2.24, 2.45) is 22.1 Å². The van der Waals surface area contributed by atoms with Crippen molar-refractivity contribution in [3.05, 3.63) is 68.8 Å². The number of pyridine rings is 1. The Morgan fingerprint density at radius 3 is 2.48 bits per heavy atom. The number of hydrogen-bond acceptors (Lipinski definition) is 5. The van der Waals surface area contributed by atoms with Crippen molar-refractivity contribution in [2.45, 2.75) is 58.8 Å². The maximum Gasteiger partial charge on any atom is 0.260 e. The Morgan fingerprint density at radius 1 is 1.18 bits per heavy atom. The van der Waals surface area contributed by atoms with Crippen LogP contribution in [0.15, 0.2) is 52.4 Å². The van der Waals surface area contributed by atoms with Crippen molar-refractivity contribution in [2.75, 3.05) is 0 Å². The van der Waals surface area contributed by atoms with Gasteiger partial charge < -0.3 is 10.7 Å². The van der Waals surface area contributed by atoms with Gasteiger partial charge >= 0.3 is 0 Å². The second kappa shape index (κ2) is 9.53. The molecule has 1 aliphatic rings. The lowest BCUT2D eigenvalue weighted by molar-refractivity contribution is 0.224. The summed E-state index contributed by atoms with van der Waals surface area (Å²) >= 11 is 1.65. The third-order valence-corrected chi connectivity index (χ3v) is 8.05. The number of H-pyrrole nitrogens is 1. The number of nitrogens with two attached hydrogens (primary N) is 2. The first-order valence-corrected chi connectivity index (χ1v) is 12.4. The number of nitrogens with zero attached hydrogens (tertiary/aromatic N) is 1. The maximum atomic E-state index is 13.1. The molecule has 2 aromatic heterocycles. The van der Waals surface area contributed by atoms with Gasteiger partial charge in [0.15, 0.2) is 5.84 Å². The molecule has 2 heterocycles. The standard InChI is InChI=1S/C26H33N5OS/c1-4-19-9-10-22(33-19)20-15-21(29-25(32)23(20)24(27)30-31-28)18-7-5-16(6-8-18)17-11-13-26(2,3)14-12-17/h5-10,15,17,31H,4,11-14,28H2,1-3H3,(H2,27,30)(H,29,32). The van der Waals surface area contributed by atoms with Gasteiger partial charge in [0.2, 0.25) is 0 Å². The van der Waals surface area contributed by atoms with Gasteiger partial charge in [-0.15, -0.1) is 16.4 Å². The number of amidine groups is 1. The van der Waals surface area contributed by atoms with Crippen molar-refractivity contribution < 1.29 is 0 Å². The summed E-state index contributed by atoms with van der Waals surface area (Å²) in [6.45, 7) is 6.84. The minimum absolute atomic E-state index is 0.0577. The fraction of sp³-hybridized carbons (Fsp3) is 0.385. The lowest BCUT2D eigenvalue weighted by Gasteiger charge is -2.34. The van der Waals surface area contributed by atoms with Gasteiger partial charge in [0.05, 0.1) is 5.56 Å². The molecule has 0 unspecified atom stereocenters. The molecule has 4 rings (SSSR count). The van der Waals surface area contributed by atoms with Gasteiger partial charge in [0.1, 0.15) is 0 Å². The van der Waals surface area contributed by atoms with Crippen molar-refractivity contribution in [3.8, 4) is 21.7 Å². The molecule has 7 heteroatoms. The number of rotatable bonds is 6. The monoisotopic (exact) mass is 463 g/mol. The van der Waals surface area contributed by atoms with E-state index in [0.717, 1.165) is 28.1 Å². The number of aromatic nitrogens is 1. The van der Waals surface area contributed by atoms with Crippen molar-refractivity contribution in [1.29, 1.82) is 0 Å². The van der Waals surface area contributed by atoms with Gasteiger partial charge in [-0.05, 0) is 72.8 Å². The number of thiophene rings is 1. The lowest BCUT2D eigenvalue weighted by Crippen LogP contribution is -2.29. The first-order chi connectivity index (χ1) is 15.8. The van der Waals surface area contributed by atoms with Crippen LogP contribution in [0.4, 0.5) is 0 Å². The lowest BCUT2D eigenvalue weighted by atomic mass is 9.71. The summed E-state index contributed by atoms with van der Waals surface area (Å²) in [7, 11) is 0. The fourth-order valence-corrected chi connectivity index (χ4v) is 5.64. The molecule has 6 N–H and O–H groups in total. The molecule has 3 aromatic rings. The summed E-state index contributed by atoms with van der Waals surface area (Å²) in [5.74, 6) is 5.99. The highest BCUT2D eigenvalue weighted by atomic mass is 32.1. The highest BCUT2D eigenvalue weighted by Crippen LogP contribution is 2.42. The zero-order valence-electron chi connectivity index (χ0n) is 19.6. The Morgan fingerprint density at radius 2 is 1.88 bits per heavy atom. The smallest absolute Gasteiger partial charge is 0.260 e. The average molecular weight is 464 g/mol. The predicted octanol–water partition coefficient (Wildman–Crippen LogP) is 5.10. The van der Waals surface area contributed by atoms with Gasteiger partial charge in [-0.2, -0.15) is 0 Å². The summed E-state index contributed by atoms with van der Waals surface area (Å²) in [4.78, 5) is 18.3. The average Bonchev–Trinajstić information content (AvgIpc) is 3.28. The molecule has 0 radical (unpaired) electrons. The molecular weight excluding hydrogens is 430 g/mol. The van der Waals surface area contributed by atoms with E-state index in [1.807, 2.05) is 12.1 Å². The van der Waals surface area contributed by atoms with Crippen LogP contribution in [0.2, 0.25) is 0 Å². The molecule has 0 bridgehead atoms. The largest absolute Gasteiger partial charge is 0.382 e. The quantitative estimate of drug-likeness (QED) is 0.176. The molecule has 6 nitrogen and oxygen atoms in total. The molecule has 1 aromatic carbocycles. The summed E-state index contributed by atoms with van der Waals surface area (Å²) in [6.07, 6.45) is 5.92. The van der Waals surface area contributed by atoms with Crippen LogP contribution in [0.3, 0.4) is 0 Å². The van der Waals surface area contributed by atoms with E-state index in [0.29, 0.717) is 16.9 Å². The molecule has 0 saturated heterocycles. The van der Waals surface area contributed by atoms with E-state index >= 15 is 0 Å². The Bertz CT molecular complexity index is 1200. The van der Waals surface area contributed by atoms with Gasteiger partial charge in [0, 0.05) is 21.0 Å². The second-order valence-electron chi connectivity index (χ2n) is 9.61. The van der Waals surface area contributed by atoms with Gasteiger partial charge in [0.25, 0.3) is 5.56 Å². The van der Waals surface area contributed by atoms with Crippen molar-refractivity contribution in [3.63, 3.8) is 0 Å². The van der Waals surface area contributed by atoms with E-state index in [-0.39, 0.29) is 11.4 Å². The molecule has 0 amide bonds. The minimum Gasteiger partial charge on any atom is -0.382 e. The zero-order chi connectivity index (χ0) is 23.6. The molecular formula is C26H33N5OS. The van der Waals surface area contributed by atoms with E-state index < -0.39 is 0 Å². The first-order valence-electron chi connectivity index (χ1n) is 11.6. The van der Waals surface area contributed by atoms with E-state index in [1.54, 1.807) is 11.3 Å². The number of aryl methyl sites for hydroxylation is 1. The van der Waals surface area contributed by atoms with Crippen LogP contribution < -0.4 is 22.7 Å². The Kier molecular flexibility index (Phi) is 6.72. The third kappa shape index (κ3) is 5.04.